The summed E-state index contributed by atoms with van der Waals surface area (Å²) >= 11 is 11.2. The van der Waals surface area contributed by atoms with Crippen molar-refractivity contribution in [1.82, 2.24) is 19.1 Å². The van der Waals surface area contributed by atoms with Gasteiger partial charge in [0.15, 0.2) is 17.4 Å². The first-order valence-corrected chi connectivity index (χ1v) is 10.9. The molecule has 0 amide bonds. The highest BCUT2D eigenvalue weighted by Gasteiger charge is 2.29. The first-order chi connectivity index (χ1) is 16.4. The molecule has 0 saturated heterocycles. The number of pyridine rings is 2. The first-order valence-electron chi connectivity index (χ1n) is 10.1. The predicted octanol–water partition coefficient (Wildman–Crippen LogP) is 5.32. The third-order valence-corrected chi connectivity index (χ3v) is 5.09. The Morgan fingerprint density at radius 1 is 1.31 bits per heavy atom. The van der Waals surface area contributed by atoms with Crippen molar-refractivity contribution in [3.8, 4) is 23.3 Å². The Labute approximate surface area is 208 Å². The van der Waals surface area contributed by atoms with Gasteiger partial charge in [0.25, 0.3) is 11.8 Å². The number of nitrogens with zero attached hydrogens (tertiary/aromatic N) is 4. The van der Waals surface area contributed by atoms with E-state index in [2.05, 4.69) is 16.5 Å². The topological polar surface area (TPSA) is 80.4 Å². The van der Waals surface area contributed by atoms with E-state index in [0.717, 1.165) is 19.2 Å². The third-order valence-electron chi connectivity index (χ3n) is 4.52. The summed E-state index contributed by atoms with van der Waals surface area (Å²) in [5, 5.41) is -0.236. The van der Waals surface area contributed by atoms with Crippen molar-refractivity contribution in [2.45, 2.75) is 19.8 Å². The predicted molar refractivity (Wildman–Crippen MR) is 125 cm³/mol. The number of ether oxygens (including phenoxy) is 3. The minimum absolute atomic E-state index is 0.0172. The number of hydrogen-bond acceptors (Lipinski definition) is 7. The number of alkyl halides is 2. The highest BCUT2D eigenvalue weighted by molar-refractivity contribution is 7.71. The molecule has 186 valence electrons. The van der Waals surface area contributed by atoms with Crippen LogP contribution < -0.4 is 15.2 Å². The van der Waals surface area contributed by atoms with Crippen LogP contribution in [-0.4, -0.2) is 32.3 Å². The van der Waals surface area contributed by atoms with Crippen molar-refractivity contribution in [3.05, 3.63) is 74.5 Å². The molecule has 0 spiro atoms. The Bertz CT molecular complexity index is 1390. The zero-order valence-electron chi connectivity index (χ0n) is 18.9. The van der Waals surface area contributed by atoms with Gasteiger partial charge in [-0.05, 0) is 25.1 Å². The second-order valence-corrected chi connectivity index (χ2v) is 8.01. The maximum Gasteiger partial charge on any atom is 0.335 e. The molecule has 0 aliphatic carbocycles. The lowest BCUT2D eigenvalue weighted by Crippen LogP contribution is -2.34. The van der Waals surface area contributed by atoms with Crippen LogP contribution in [0.1, 0.15) is 19.5 Å². The number of hydrogen-bond donors (Lipinski definition) is 0. The van der Waals surface area contributed by atoms with E-state index in [4.69, 9.17) is 38.0 Å². The molecule has 3 aromatic heterocycles. The van der Waals surface area contributed by atoms with Crippen LogP contribution in [0.25, 0.3) is 5.82 Å². The lowest BCUT2D eigenvalue weighted by molar-refractivity contribution is 0.00833. The van der Waals surface area contributed by atoms with E-state index in [-0.39, 0.29) is 33.8 Å². The van der Waals surface area contributed by atoms with Gasteiger partial charge in [0, 0.05) is 26.2 Å². The fourth-order valence-electron chi connectivity index (χ4n) is 2.97. The van der Waals surface area contributed by atoms with E-state index in [1.807, 2.05) is 0 Å². The van der Waals surface area contributed by atoms with E-state index in [0.29, 0.717) is 28.4 Å². The van der Waals surface area contributed by atoms with Crippen molar-refractivity contribution in [2.24, 2.45) is 7.05 Å². The monoisotopic (exact) mass is 528 g/mol. The second-order valence-electron chi connectivity index (χ2n) is 7.18. The van der Waals surface area contributed by atoms with Crippen LogP contribution in [0.4, 0.5) is 13.2 Å². The Hall–Kier alpha value is -3.38. The molecule has 0 saturated carbocycles. The van der Waals surface area contributed by atoms with Crippen LogP contribution in [0, 0.1) is 10.5 Å². The van der Waals surface area contributed by atoms with Crippen molar-refractivity contribution in [1.29, 1.82) is 0 Å². The molecular weight excluding hydrogens is 509 g/mol. The minimum Gasteiger partial charge on any atom is -0.495 e. The molecule has 3 aromatic rings. The van der Waals surface area contributed by atoms with Gasteiger partial charge in [-0.25, -0.2) is 27.5 Å². The van der Waals surface area contributed by atoms with Crippen molar-refractivity contribution >= 4 is 23.8 Å². The summed E-state index contributed by atoms with van der Waals surface area (Å²) in [5.74, 6) is -4.81. The van der Waals surface area contributed by atoms with Crippen LogP contribution >= 0.6 is 23.8 Å². The smallest absolute Gasteiger partial charge is 0.335 e. The van der Waals surface area contributed by atoms with E-state index in [1.54, 1.807) is 13.0 Å². The largest absolute Gasteiger partial charge is 0.495 e. The molecule has 13 heteroatoms. The highest BCUT2D eigenvalue weighted by atomic mass is 35.5. The van der Waals surface area contributed by atoms with Crippen molar-refractivity contribution in [2.75, 3.05) is 13.2 Å². The van der Waals surface area contributed by atoms with E-state index < -0.39 is 28.9 Å². The van der Waals surface area contributed by atoms with Gasteiger partial charge in [0.2, 0.25) is 5.88 Å². The quantitative estimate of drug-likeness (QED) is 0.274. The third kappa shape index (κ3) is 5.82. The molecule has 0 atom stereocenters. The Morgan fingerprint density at radius 3 is 2.69 bits per heavy atom. The number of rotatable bonds is 9. The van der Waals surface area contributed by atoms with Crippen LogP contribution in [0.2, 0.25) is 5.02 Å². The molecule has 0 aliphatic heterocycles. The lowest BCUT2D eigenvalue weighted by atomic mass is 10.2. The molecule has 0 N–H and O–H groups in total. The average Bonchev–Trinajstić information content (AvgIpc) is 2.78. The average molecular weight is 529 g/mol. The van der Waals surface area contributed by atoms with Crippen LogP contribution in [0.15, 0.2) is 47.6 Å². The van der Waals surface area contributed by atoms with E-state index in [1.165, 1.54) is 12.3 Å². The molecule has 3 heterocycles. The Morgan fingerprint density at radius 2 is 2.03 bits per heavy atom. The van der Waals surface area contributed by atoms with Crippen molar-refractivity contribution in [3.63, 3.8) is 0 Å². The molecule has 0 aromatic carbocycles. The number of halogens is 4. The standard InChI is InChI=1S/C22H20ClF3N4O4S/c1-5-32-12(2)11-33-20-15(7-6-8-27-20)34-19-13(23)9-14(24)18(28-19)30-17(35)10-16(22(3,25)26)29(4)21(30)31/h6-10H,2,5,11H2,1,3-4H3. The summed E-state index contributed by atoms with van der Waals surface area (Å²) in [6, 6.07) is 4.80. The van der Waals surface area contributed by atoms with Gasteiger partial charge in [-0.1, -0.05) is 30.4 Å². The zero-order valence-corrected chi connectivity index (χ0v) is 20.4. The van der Waals surface area contributed by atoms with Gasteiger partial charge in [0.1, 0.15) is 22.0 Å². The zero-order chi connectivity index (χ0) is 25.9. The summed E-state index contributed by atoms with van der Waals surface area (Å²) in [4.78, 5) is 20.9. The van der Waals surface area contributed by atoms with Gasteiger partial charge in [-0.15, -0.1) is 0 Å². The van der Waals surface area contributed by atoms with Gasteiger partial charge < -0.3 is 14.2 Å². The summed E-state index contributed by atoms with van der Waals surface area (Å²) in [7, 11) is 1.11. The normalized spacial score (nSPS) is 11.3. The maximum absolute atomic E-state index is 14.8. The van der Waals surface area contributed by atoms with Gasteiger partial charge >= 0.3 is 5.69 Å². The minimum atomic E-state index is -3.36. The highest BCUT2D eigenvalue weighted by Crippen LogP contribution is 2.34. The summed E-state index contributed by atoms with van der Waals surface area (Å²) < 4.78 is 60.0. The molecule has 0 unspecified atom stereocenters. The Kier molecular flexibility index (Phi) is 7.86. The van der Waals surface area contributed by atoms with Gasteiger partial charge in [-0.2, -0.15) is 4.98 Å². The lowest BCUT2D eigenvalue weighted by Gasteiger charge is -2.18. The fourth-order valence-corrected chi connectivity index (χ4v) is 3.42. The van der Waals surface area contributed by atoms with Gasteiger partial charge in [-0.3, -0.25) is 4.57 Å². The SMILES string of the molecule is C=C(COc1ncccc1Oc1nc(-n2c(=S)cc(C(C)(F)F)n(C)c2=O)c(F)cc1Cl)OCC. The fraction of sp³-hybridized carbons (Fsp3) is 0.273. The van der Waals surface area contributed by atoms with Gasteiger partial charge in [0.05, 0.1) is 12.3 Å². The summed E-state index contributed by atoms with van der Waals surface area (Å²) in [5.41, 5.74) is -1.67. The molecule has 0 aliphatic rings. The molecule has 0 fully saturated rings. The van der Waals surface area contributed by atoms with Crippen LogP contribution in [0.3, 0.4) is 0 Å². The molecular formula is C22H20ClF3N4O4S. The second kappa shape index (κ2) is 10.5. The summed E-state index contributed by atoms with van der Waals surface area (Å²) in [6.07, 6.45) is 1.45. The van der Waals surface area contributed by atoms with Crippen LogP contribution in [-0.2, 0) is 17.7 Å². The molecule has 0 bridgehead atoms. The molecule has 35 heavy (non-hydrogen) atoms. The van der Waals surface area contributed by atoms with E-state index >= 15 is 0 Å². The molecule has 3 rings (SSSR count). The molecule has 8 nitrogen and oxygen atoms in total. The maximum atomic E-state index is 14.8. The summed E-state index contributed by atoms with van der Waals surface area (Å²) in [6.45, 7) is 6.50. The Balaban J connectivity index is 2.05. The number of aromatic nitrogens is 4. The van der Waals surface area contributed by atoms with Crippen LogP contribution in [0.5, 0.6) is 17.5 Å². The van der Waals surface area contributed by atoms with E-state index in [9.17, 15) is 18.0 Å². The first kappa shape index (κ1) is 26.2. The van der Waals surface area contributed by atoms with Crippen molar-refractivity contribution < 1.29 is 27.4 Å². The molecule has 0 radical (unpaired) electrons.